The van der Waals surface area contributed by atoms with Crippen molar-refractivity contribution in [3.8, 4) is 11.6 Å². The van der Waals surface area contributed by atoms with Gasteiger partial charge >= 0.3 is 0 Å². The summed E-state index contributed by atoms with van der Waals surface area (Å²) in [5, 5.41) is 3.09. The first-order valence-corrected chi connectivity index (χ1v) is 9.71. The van der Waals surface area contributed by atoms with Crippen LogP contribution in [0.15, 0.2) is 47.5 Å². The van der Waals surface area contributed by atoms with Gasteiger partial charge < -0.3 is 15.8 Å². The molecule has 1 aromatic carbocycles. The topological polar surface area (TPSA) is 77.2 Å². The van der Waals surface area contributed by atoms with Crippen molar-refractivity contribution in [2.75, 3.05) is 6.26 Å². The molecular formula is C19H23N3O2S. The van der Waals surface area contributed by atoms with Crippen molar-refractivity contribution in [3.05, 3.63) is 48.2 Å². The van der Waals surface area contributed by atoms with Gasteiger partial charge in [-0.15, -0.1) is 11.8 Å². The highest BCUT2D eigenvalue weighted by Crippen LogP contribution is 2.27. The zero-order valence-electron chi connectivity index (χ0n) is 14.3. The number of benzene rings is 1. The van der Waals surface area contributed by atoms with Gasteiger partial charge in [-0.2, -0.15) is 0 Å². The summed E-state index contributed by atoms with van der Waals surface area (Å²) in [6.45, 7) is 0. The molecule has 25 heavy (non-hydrogen) atoms. The van der Waals surface area contributed by atoms with Crippen molar-refractivity contribution >= 4 is 17.7 Å². The first kappa shape index (κ1) is 17.8. The Balaban J connectivity index is 1.72. The number of pyridine rings is 1. The van der Waals surface area contributed by atoms with E-state index in [0.717, 1.165) is 30.6 Å². The van der Waals surface area contributed by atoms with E-state index in [-0.39, 0.29) is 18.0 Å². The lowest BCUT2D eigenvalue weighted by molar-refractivity contribution is 0.0923. The van der Waals surface area contributed by atoms with Gasteiger partial charge in [-0.3, -0.25) is 4.79 Å². The molecule has 5 nitrogen and oxygen atoms in total. The highest BCUT2D eigenvalue weighted by Gasteiger charge is 2.22. The van der Waals surface area contributed by atoms with Crippen molar-refractivity contribution in [2.24, 2.45) is 5.73 Å². The van der Waals surface area contributed by atoms with E-state index >= 15 is 0 Å². The second-order valence-electron chi connectivity index (χ2n) is 6.22. The quantitative estimate of drug-likeness (QED) is 0.800. The highest BCUT2D eigenvalue weighted by molar-refractivity contribution is 7.98. The van der Waals surface area contributed by atoms with Crippen LogP contribution in [0.4, 0.5) is 0 Å². The maximum atomic E-state index is 12.7. The minimum atomic E-state index is -0.149. The fourth-order valence-corrected chi connectivity index (χ4v) is 3.40. The lowest BCUT2D eigenvalue weighted by Crippen LogP contribution is -2.40. The molecule has 0 spiro atoms. The van der Waals surface area contributed by atoms with Gasteiger partial charge in [0.15, 0.2) is 0 Å². The van der Waals surface area contributed by atoms with Crippen LogP contribution in [0.3, 0.4) is 0 Å². The molecule has 1 aromatic heterocycles. The molecule has 6 heteroatoms. The fourth-order valence-electron chi connectivity index (χ4n) is 2.95. The highest BCUT2D eigenvalue weighted by atomic mass is 32.2. The predicted molar refractivity (Wildman–Crippen MR) is 100 cm³/mol. The van der Waals surface area contributed by atoms with Crippen molar-refractivity contribution < 1.29 is 9.53 Å². The smallest absolute Gasteiger partial charge is 0.257 e. The largest absolute Gasteiger partial charge is 0.438 e. The summed E-state index contributed by atoms with van der Waals surface area (Å²) in [6.07, 6.45) is 7.36. The van der Waals surface area contributed by atoms with E-state index in [1.165, 1.54) is 0 Å². The van der Waals surface area contributed by atoms with Crippen LogP contribution >= 0.6 is 11.8 Å². The third-order valence-corrected chi connectivity index (χ3v) is 5.10. The van der Waals surface area contributed by atoms with Crippen LogP contribution in [0.25, 0.3) is 0 Å². The molecule has 0 unspecified atom stereocenters. The van der Waals surface area contributed by atoms with E-state index in [1.807, 2.05) is 30.5 Å². The van der Waals surface area contributed by atoms with Crippen LogP contribution in [0.5, 0.6) is 11.6 Å². The summed E-state index contributed by atoms with van der Waals surface area (Å²) in [4.78, 5) is 18.0. The van der Waals surface area contributed by atoms with Crippen LogP contribution in [-0.2, 0) is 0 Å². The second-order valence-corrected chi connectivity index (χ2v) is 7.10. The molecule has 132 valence electrons. The Labute approximate surface area is 152 Å². The number of amides is 1. The lowest BCUT2D eigenvalue weighted by Gasteiger charge is -2.26. The van der Waals surface area contributed by atoms with Gasteiger partial charge in [0, 0.05) is 23.2 Å². The number of ether oxygens (including phenoxy) is 1. The normalized spacial score (nSPS) is 20.1. The molecule has 0 aliphatic heterocycles. The van der Waals surface area contributed by atoms with Crippen LogP contribution < -0.4 is 15.8 Å². The number of rotatable bonds is 5. The maximum Gasteiger partial charge on any atom is 0.257 e. The molecule has 0 bridgehead atoms. The molecule has 1 aliphatic rings. The maximum absolute atomic E-state index is 12.7. The van der Waals surface area contributed by atoms with Gasteiger partial charge in [0.25, 0.3) is 5.91 Å². The second kappa shape index (κ2) is 8.36. The number of carbonyl (C=O) groups excluding carboxylic acids is 1. The number of thioether (sulfide) groups is 1. The molecule has 3 N–H and O–H groups in total. The average molecular weight is 357 g/mol. The van der Waals surface area contributed by atoms with Crippen LogP contribution in [0.2, 0.25) is 0 Å². The van der Waals surface area contributed by atoms with Crippen molar-refractivity contribution in [3.63, 3.8) is 0 Å². The summed E-state index contributed by atoms with van der Waals surface area (Å²) < 4.78 is 5.87. The Hall–Kier alpha value is -2.05. The Kier molecular flexibility index (Phi) is 5.94. The van der Waals surface area contributed by atoms with Crippen LogP contribution in [0, 0.1) is 0 Å². The van der Waals surface area contributed by atoms with Gasteiger partial charge in [0.1, 0.15) is 11.3 Å². The average Bonchev–Trinajstić information content (AvgIpc) is 2.64. The van der Waals surface area contributed by atoms with E-state index in [1.54, 1.807) is 30.1 Å². The SMILES string of the molecule is CSc1cccc(Oc2ncccc2C(=O)NC2CCC(N)CC2)c1. The predicted octanol–water partition coefficient (Wildman–Crippen LogP) is 3.60. The van der Waals surface area contributed by atoms with Crippen LogP contribution in [-0.4, -0.2) is 29.2 Å². The van der Waals surface area contributed by atoms with Crippen molar-refractivity contribution in [1.82, 2.24) is 10.3 Å². The number of nitrogens with zero attached hydrogens (tertiary/aromatic N) is 1. The van der Waals surface area contributed by atoms with Crippen LogP contribution in [0.1, 0.15) is 36.0 Å². The molecule has 1 heterocycles. The lowest BCUT2D eigenvalue weighted by atomic mass is 9.91. The first-order valence-electron chi connectivity index (χ1n) is 8.49. The van der Waals surface area contributed by atoms with E-state index in [0.29, 0.717) is 17.2 Å². The zero-order chi connectivity index (χ0) is 17.6. The molecule has 1 saturated carbocycles. The number of hydrogen-bond donors (Lipinski definition) is 2. The van der Waals surface area contributed by atoms with E-state index < -0.39 is 0 Å². The fraction of sp³-hybridized carbons (Fsp3) is 0.368. The molecule has 0 atom stereocenters. The molecule has 1 aliphatic carbocycles. The van der Waals surface area contributed by atoms with E-state index in [2.05, 4.69) is 10.3 Å². The molecular weight excluding hydrogens is 334 g/mol. The summed E-state index contributed by atoms with van der Waals surface area (Å²) in [5.41, 5.74) is 6.38. The van der Waals surface area contributed by atoms with Gasteiger partial charge in [-0.05, 0) is 62.3 Å². The number of nitrogens with one attached hydrogen (secondary N) is 1. The van der Waals surface area contributed by atoms with E-state index in [4.69, 9.17) is 10.5 Å². The first-order chi connectivity index (χ1) is 12.2. The number of carbonyl (C=O) groups is 1. The Morgan fingerprint density at radius 1 is 1.24 bits per heavy atom. The minimum Gasteiger partial charge on any atom is -0.438 e. The molecule has 0 saturated heterocycles. The number of nitrogens with two attached hydrogens (primary N) is 1. The van der Waals surface area contributed by atoms with E-state index in [9.17, 15) is 4.79 Å². The third kappa shape index (κ3) is 4.74. The monoisotopic (exact) mass is 357 g/mol. The number of hydrogen-bond acceptors (Lipinski definition) is 5. The van der Waals surface area contributed by atoms with Gasteiger partial charge in [-0.1, -0.05) is 6.07 Å². The summed E-state index contributed by atoms with van der Waals surface area (Å²) in [5.74, 6) is 0.846. The van der Waals surface area contributed by atoms with Gasteiger partial charge in [0.2, 0.25) is 5.88 Å². The Morgan fingerprint density at radius 3 is 2.80 bits per heavy atom. The zero-order valence-corrected chi connectivity index (χ0v) is 15.1. The van der Waals surface area contributed by atoms with Crippen molar-refractivity contribution in [2.45, 2.75) is 42.7 Å². The molecule has 0 radical (unpaired) electrons. The Morgan fingerprint density at radius 2 is 2.04 bits per heavy atom. The molecule has 3 rings (SSSR count). The third-order valence-electron chi connectivity index (χ3n) is 4.38. The number of aromatic nitrogens is 1. The molecule has 2 aromatic rings. The summed E-state index contributed by atoms with van der Waals surface area (Å²) in [6, 6.07) is 11.6. The standard InChI is InChI=1S/C19H23N3O2S/c1-25-16-5-2-4-15(12-16)24-19-17(6-3-11-21-19)18(23)22-14-9-7-13(20)8-10-14/h2-6,11-14H,7-10,20H2,1H3,(H,22,23). The van der Waals surface area contributed by atoms with Gasteiger partial charge in [0.05, 0.1) is 0 Å². The summed E-state index contributed by atoms with van der Waals surface area (Å²) in [7, 11) is 0. The minimum absolute atomic E-state index is 0.149. The molecule has 1 fully saturated rings. The van der Waals surface area contributed by atoms with Crippen molar-refractivity contribution in [1.29, 1.82) is 0 Å². The Bertz CT molecular complexity index is 730. The summed E-state index contributed by atoms with van der Waals surface area (Å²) >= 11 is 1.64. The van der Waals surface area contributed by atoms with Gasteiger partial charge in [-0.25, -0.2) is 4.98 Å². The molecule has 1 amide bonds.